The summed E-state index contributed by atoms with van der Waals surface area (Å²) in [6.07, 6.45) is 3.31. The third-order valence-corrected chi connectivity index (χ3v) is 3.52. The Bertz CT molecular complexity index is 455. The molecule has 0 atom stereocenters. The quantitative estimate of drug-likeness (QED) is 0.456. The van der Waals surface area contributed by atoms with Gasteiger partial charge in [-0.05, 0) is 24.8 Å². The van der Waals surface area contributed by atoms with Gasteiger partial charge in [0.1, 0.15) is 5.41 Å². The van der Waals surface area contributed by atoms with Crippen molar-refractivity contribution in [3.63, 3.8) is 0 Å². The molecule has 0 radical (unpaired) electrons. The minimum absolute atomic E-state index is 0.0996. The first-order valence-electron chi connectivity index (χ1n) is 6.36. The molecule has 0 heterocycles. The topological polar surface area (TPSA) is 43.4 Å². The van der Waals surface area contributed by atoms with Gasteiger partial charge in [-0.3, -0.25) is 9.59 Å². The molecule has 0 N–H and O–H groups in total. The average Bonchev–Trinajstić information content (AvgIpc) is 3.20. The molecule has 1 aliphatic rings. The number of carbonyl (C=O) groups is 2. The highest BCUT2D eigenvalue weighted by Gasteiger charge is 2.57. The fourth-order valence-electron chi connectivity index (χ4n) is 2.23. The maximum absolute atomic E-state index is 12.3. The molecule has 1 aromatic rings. The standard InChI is InChI=1S/C15H18O3/c1-3-4-11-5-7-12(8-6-11)13(16)15(9-10-15)14(17)18-2/h5-8H,3-4,9-10H2,1-2H3. The zero-order valence-electron chi connectivity index (χ0n) is 10.9. The van der Waals surface area contributed by atoms with E-state index >= 15 is 0 Å². The average molecular weight is 246 g/mol. The van der Waals surface area contributed by atoms with Crippen molar-refractivity contribution in [1.29, 1.82) is 0 Å². The smallest absolute Gasteiger partial charge is 0.319 e. The summed E-state index contributed by atoms with van der Waals surface area (Å²) in [7, 11) is 1.33. The Morgan fingerprint density at radius 3 is 2.28 bits per heavy atom. The maximum atomic E-state index is 12.3. The van der Waals surface area contributed by atoms with Crippen molar-refractivity contribution in [2.24, 2.45) is 5.41 Å². The van der Waals surface area contributed by atoms with E-state index in [-0.39, 0.29) is 5.78 Å². The molecule has 0 unspecified atom stereocenters. The molecule has 0 saturated heterocycles. The molecule has 1 aliphatic carbocycles. The van der Waals surface area contributed by atoms with E-state index in [0.29, 0.717) is 18.4 Å². The van der Waals surface area contributed by atoms with Gasteiger partial charge in [-0.25, -0.2) is 0 Å². The molecule has 3 heteroatoms. The maximum Gasteiger partial charge on any atom is 0.319 e. The summed E-state index contributed by atoms with van der Waals surface area (Å²) < 4.78 is 4.72. The fourth-order valence-corrected chi connectivity index (χ4v) is 2.23. The second kappa shape index (κ2) is 4.92. The number of Topliss-reactive ketones (excluding diaryl/α,β-unsaturated/α-hetero) is 1. The molecule has 3 nitrogen and oxygen atoms in total. The van der Waals surface area contributed by atoms with E-state index in [1.807, 2.05) is 24.3 Å². The van der Waals surface area contributed by atoms with Gasteiger partial charge in [0.2, 0.25) is 0 Å². The number of ether oxygens (including phenoxy) is 1. The number of esters is 1. The summed E-state index contributed by atoms with van der Waals surface area (Å²) in [5.74, 6) is -0.498. The largest absolute Gasteiger partial charge is 0.468 e. The van der Waals surface area contributed by atoms with Gasteiger partial charge in [0.05, 0.1) is 7.11 Å². The highest BCUT2D eigenvalue weighted by atomic mass is 16.5. The van der Waals surface area contributed by atoms with Crippen LogP contribution in [0.15, 0.2) is 24.3 Å². The van der Waals surface area contributed by atoms with Crippen molar-refractivity contribution in [3.05, 3.63) is 35.4 Å². The van der Waals surface area contributed by atoms with Gasteiger partial charge in [-0.1, -0.05) is 37.6 Å². The number of hydrogen-bond donors (Lipinski definition) is 0. The molecule has 1 aromatic carbocycles. The van der Waals surface area contributed by atoms with E-state index in [1.165, 1.54) is 12.7 Å². The van der Waals surface area contributed by atoms with Gasteiger partial charge in [0.15, 0.2) is 5.78 Å². The van der Waals surface area contributed by atoms with Gasteiger partial charge in [0.25, 0.3) is 0 Å². The second-order valence-corrected chi connectivity index (χ2v) is 4.85. The van der Waals surface area contributed by atoms with E-state index in [9.17, 15) is 9.59 Å². The minimum Gasteiger partial charge on any atom is -0.468 e. The Labute approximate surface area is 107 Å². The zero-order valence-corrected chi connectivity index (χ0v) is 10.9. The van der Waals surface area contributed by atoms with Crippen molar-refractivity contribution in [1.82, 2.24) is 0 Å². The van der Waals surface area contributed by atoms with E-state index in [2.05, 4.69) is 6.92 Å². The second-order valence-electron chi connectivity index (χ2n) is 4.85. The molecular formula is C15H18O3. The summed E-state index contributed by atoms with van der Waals surface area (Å²) in [5, 5.41) is 0. The van der Waals surface area contributed by atoms with E-state index in [4.69, 9.17) is 4.74 Å². The van der Waals surface area contributed by atoms with Crippen LogP contribution in [0, 0.1) is 5.41 Å². The Kier molecular flexibility index (Phi) is 3.50. The lowest BCUT2D eigenvalue weighted by atomic mass is 9.94. The minimum atomic E-state index is -0.888. The Morgan fingerprint density at radius 2 is 1.83 bits per heavy atom. The number of rotatable bonds is 5. The zero-order chi connectivity index (χ0) is 13.2. The molecule has 96 valence electrons. The number of hydrogen-bond acceptors (Lipinski definition) is 3. The van der Waals surface area contributed by atoms with Crippen LogP contribution in [0.1, 0.15) is 42.1 Å². The molecule has 0 spiro atoms. The summed E-state index contributed by atoms with van der Waals surface area (Å²) in [4.78, 5) is 23.9. The summed E-state index contributed by atoms with van der Waals surface area (Å²) in [5.41, 5.74) is 0.941. The first-order chi connectivity index (χ1) is 8.64. The van der Waals surface area contributed by atoms with Crippen LogP contribution in [-0.4, -0.2) is 18.9 Å². The van der Waals surface area contributed by atoms with Crippen LogP contribution >= 0.6 is 0 Å². The van der Waals surface area contributed by atoms with Crippen LogP contribution in [0.5, 0.6) is 0 Å². The van der Waals surface area contributed by atoms with Crippen molar-refractivity contribution in [3.8, 4) is 0 Å². The van der Waals surface area contributed by atoms with Crippen LogP contribution in [0.4, 0.5) is 0 Å². The third kappa shape index (κ3) is 2.17. The van der Waals surface area contributed by atoms with Gasteiger partial charge < -0.3 is 4.74 Å². The van der Waals surface area contributed by atoms with Crippen molar-refractivity contribution in [2.45, 2.75) is 32.6 Å². The predicted molar refractivity (Wildman–Crippen MR) is 68.5 cm³/mol. The van der Waals surface area contributed by atoms with Crippen LogP contribution in [0.3, 0.4) is 0 Å². The normalized spacial score (nSPS) is 16.1. The summed E-state index contributed by atoms with van der Waals surface area (Å²) in [6, 6.07) is 7.56. The van der Waals surface area contributed by atoms with Crippen LogP contribution < -0.4 is 0 Å². The third-order valence-electron chi connectivity index (χ3n) is 3.52. The number of aryl methyl sites for hydroxylation is 1. The summed E-state index contributed by atoms with van der Waals surface area (Å²) in [6.45, 7) is 2.12. The van der Waals surface area contributed by atoms with Gasteiger partial charge in [-0.2, -0.15) is 0 Å². The van der Waals surface area contributed by atoms with Crippen LogP contribution in [0.25, 0.3) is 0 Å². The van der Waals surface area contributed by atoms with Crippen molar-refractivity contribution >= 4 is 11.8 Å². The number of methoxy groups -OCH3 is 1. The molecule has 0 aliphatic heterocycles. The van der Waals surface area contributed by atoms with Crippen LogP contribution in [-0.2, 0) is 16.0 Å². The number of carbonyl (C=O) groups excluding carboxylic acids is 2. The van der Waals surface area contributed by atoms with Crippen LogP contribution in [0.2, 0.25) is 0 Å². The monoisotopic (exact) mass is 246 g/mol. The van der Waals surface area contributed by atoms with Crippen molar-refractivity contribution in [2.75, 3.05) is 7.11 Å². The molecular weight excluding hydrogens is 228 g/mol. The predicted octanol–water partition coefficient (Wildman–Crippen LogP) is 2.78. The highest BCUT2D eigenvalue weighted by Crippen LogP contribution is 2.49. The lowest BCUT2D eigenvalue weighted by Gasteiger charge is -2.11. The molecule has 0 bridgehead atoms. The Balaban J connectivity index is 2.17. The SMILES string of the molecule is CCCc1ccc(C(=O)C2(C(=O)OC)CC2)cc1. The first-order valence-corrected chi connectivity index (χ1v) is 6.36. The Morgan fingerprint density at radius 1 is 1.22 bits per heavy atom. The summed E-state index contributed by atoms with van der Waals surface area (Å²) >= 11 is 0. The lowest BCUT2D eigenvalue weighted by molar-refractivity contribution is -0.145. The van der Waals surface area contributed by atoms with E-state index < -0.39 is 11.4 Å². The van der Waals surface area contributed by atoms with Gasteiger partial charge >= 0.3 is 5.97 Å². The van der Waals surface area contributed by atoms with Crippen molar-refractivity contribution < 1.29 is 14.3 Å². The van der Waals surface area contributed by atoms with E-state index in [1.54, 1.807) is 0 Å². The van der Waals surface area contributed by atoms with Gasteiger partial charge in [-0.15, -0.1) is 0 Å². The first kappa shape index (κ1) is 12.8. The number of ketones is 1. The fraction of sp³-hybridized carbons (Fsp3) is 0.467. The molecule has 18 heavy (non-hydrogen) atoms. The molecule has 1 saturated carbocycles. The Hall–Kier alpha value is -1.64. The highest BCUT2D eigenvalue weighted by molar-refractivity contribution is 6.14. The molecule has 0 aromatic heterocycles. The molecule has 0 amide bonds. The molecule has 1 fully saturated rings. The number of benzene rings is 1. The lowest BCUT2D eigenvalue weighted by Crippen LogP contribution is -2.27. The molecule has 2 rings (SSSR count). The van der Waals surface area contributed by atoms with E-state index in [0.717, 1.165) is 12.8 Å². The van der Waals surface area contributed by atoms with Gasteiger partial charge in [0, 0.05) is 5.56 Å².